The summed E-state index contributed by atoms with van der Waals surface area (Å²) in [5.74, 6) is 0.138. The Labute approximate surface area is 206 Å². The Morgan fingerprint density at radius 2 is 1.76 bits per heavy atom. The number of methoxy groups -OCH3 is 1. The molecule has 0 saturated heterocycles. The number of carbonyl (C=O) groups is 2. The second-order valence-corrected chi connectivity index (χ2v) is 8.07. The van der Waals surface area contributed by atoms with Crippen LogP contribution in [0.4, 0.5) is 11.4 Å². The van der Waals surface area contributed by atoms with Gasteiger partial charge in [0.05, 0.1) is 17.3 Å². The fraction of sp³-hybridized carbons (Fsp3) is 0.115. The minimum absolute atomic E-state index is 0.0441. The number of nitrogens with one attached hydrogen (secondary N) is 2. The van der Waals surface area contributed by atoms with E-state index in [0.29, 0.717) is 32.9 Å². The van der Waals surface area contributed by atoms with Crippen molar-refractivity contribution in [1.29, 1.82) is 5.26 Å². The van der Waals surface area contributed by atoms with Crippen molar-refractivity contribution in [2.75, 3.05) is 24.4 Å². The maximum atomic E-state index is 12.5. The van der Waals surface area contributed by atoms with Crippen LogP contribution in [0.15, 0.2) is 76.8 Å². The van der Waals surface area contributed by atoms with Gasteiger partial charge in [0.1, 0.15) is 23.1 Å². The van der Waals surface area contributed by atoms with E-state index >= 15 is 0 Å². The summed E-state index contributed by atoms with van der Waals surface area (Å²) in [7, 11) is 1.53. The zero-order chi connectivity index (χ0) is 24.5. The van der Waals surface area contributed by atoms with E-state index < -0.39 is 5.91 Å². The maximum absolute atomic E-state index is 12.5. The average molecular weight is 520 g/mol. The van der Waals surface area contributed by atoms with E-state index in [1.807, 2.05) is 31.2 Å². The quantitative estimate of drug-likeness (QED) is 0.309. The van der Waals surface area contributed by atoms with Crippen LogP contribution in [0.25, 0.3) is 6.08 Å². The van der Waals surface area contributed by atoms with Gasteiger partial charge in [0.25, 0.3) is 11.8 Å². The molecule has 0 aliphatic rings. The first kappa shape index (κ1) is 24.6. The average Bonchev–Trinajstić information content (AvgIpc) is 2.83. The van der Waals surface area contributed by atoms with Gasteiger partial charge in [-0.05, 0) is 70.9 Å². The first-order chi connectivity index (χ1) is 16.4. The van der Waals surface area contributed by atoms with E-state index in [1.54, 1.807) is 48.5 Å². The van der Waals surface area contributed by atoms with Crippen LogP contribution >= 0.6 is 15.9 Å². The van der Waals surface area contributed by atoms with Crippen molar-refractivity contribution in [3.8, 4) is 17.6 Å². The molecule has 3 aromatic carbocycles. The maximum Gasteiger partial charge on any atom is 0.266 e. The van der Waals surface area contributed by atoms with Crippen LogP contribution in [-0.4, -0.2) is 25.5 Å². The van der Waals surface area contributed by atoms with Crippen molar-refractivity contribution in [3.63, 3.8) is 0 Å². The number of amides is 2. The molecule has 0 aliphatic carbocycles. The van der Waals surface area contributed by atoms with E-state index in [0.717, 1.165) is 5.56 Å². The lowest BCUT2D eigenvalue weighted by Gasteiger charge is -2.11. The van der Waals surface area contributed by atoms with Crippen LogP contribution in [-0.2, 0) is 9.59 Å². The molecule has 0 heterocycles. The van der Waals surface area contributed by atoms with E-state index in [9.17, 15) is 14.9 Å². The first-order valence-electron chi connectivity index (χ1n) is 10.2. The minimum Gasteiger partial charge on any atom is -0.495 e. The van der Waals surface area contributed by atoms with E-state index in [2.05, 4.69) is 26.6 Å². The molecule has 0 radical (unpaired) electrons. The molecule has 0 unspecified atom stereocenters. The highest BCUT2D eigenvalue weighted by Crippen LogP contribution is 2.28. The van der Waals surface area contributed by atoms with Crippen molar-refractivity contribution in [1.82, 2.24) is 0 Å². The molecule has 2 N–H and O–H groups in total. The number of para-hydroxylation sites is 2. The standard InChI is InChI=1S/C26H22BrN3O4/c1-17-7-10-20(11-8-17)29-26(32)19(15-28)13-18-9-12-23(21(27)14-18)34-16-25(31)30-22-5-3-4-6-24(22)33-2/h3-14H,16H2,1-2H3,(H,29,32)(H,30,31)/b19-13-. The number of aryl methyl sites for hydroxylation is 1. The zero-order valence-electron chi connectivity index (χ0n) is 18.6. The SMILES string of the molecule is COc1ccccc1NC(=O)COc1ccc(/C=C(/C#N)C(=O)Nc2ccc(C)cc2)cc1Br. The van der Waals surface area contributed by atoms with Crippen molar-refractivity contribution < 1.29 is 19.1 Å². The topological polar surface area (TPSA) is 100 Å². The zero-order valence-corrected chi connectivity index (χ0v) is 20.2. The van der Waals surface area contributed by atoms with Crippen molar-refractivity contribution in [3.05, 3.63) is 87.9 Å². The number of hydrogen-bond acceptors (Lipinski definition) is 5. The van der Waals surface area contributed by atoms with Crippen LogP contribution in [0.3, 0.4) is 0 Å². The number of rotatable bonds is 8. The molecule has 0 aliphatic heterocycles. The molecule has 0 spiro atoms. The van der Waals surface area contributed by atoms with Crippen molar-refractivity contribution >= 4 is 45.2 Å². The second kappa shape index (κ2) is 11.7. The summed E-state index contributed by atoms with van der Waals surface area (Å²) in [6, 6.07) is 21.3. The van der Waals surface area contributed by atoms with Gasteiger partial charge < -0.3 is 20.1 Å². The highest BCUT2D eigenvalue weighted by Gasteiger charge is 2.12. The van der Waals surface area contributed by atoms with Crippen molar-refractivity contribution in [2.24, 2.45) is 0 Å². The van der Waals surface area contributed by atoms with Gasteiger partial charge in [0.15, 0.2) is 6.61 Å². The molecule has 0 atom stereocenters. The van der Waals surface area contributed by atoms with Crippen molar-refractivity contribution in [2.45, 2.75) is 6.92 Å². The van der Waals surface area contributed by atoms with E-state index in [-0.39, 0.29) is 18.1 Å². The lowest BCUT2D eigenvalue weighted by atomic mass is 10.1. The van der Waals surface area contributed by atoms with Crippen LogP contribution in [0, 0.1) is 18.3 Å². The summed E-state index contributed by atoms with van der Waals surface area (Å²) in [5.41, 5.74) is 2.79. The number of nitriles is 1. The second-order valence-electron chi connectivity index (χ2n) is 7.22. The van der Waals surface area contributed by atoms with Gasteiger partial charge in [-0.25, -0.2) is 0 Å². The molecule has 8 heteroatoms. The third-order valence-corrected chi connectivity index (χ3v) is 5.30. The predicted octanol–water partition coefficient (Wildman–Crippen LogP) is 5.33. The largest absolute Gasteiger partial charge is 0.495 e. The lowest BCUT2D eigenvalue weighted by molar-refractivity contribution is -0.118. The van der Waals surface area contributed by atoms with Crippen LogP contribution in [0.2, 0.25) is 0 Å². The number of ether oxygens (including phenoxy) is 2. The number of carbonyl (C=O) groups excluding carboxylic acids is 2. The molecule has 3 rings (SSSR count). The Kier molecular flexibility index (Phi) is 8.43. The van der Waals surface area contributed by atoms with Crippen LogP contribution in [0.5, 0.6) is 11.5 Å². The summed E-state index contributed by atoms with van der Waals surface area (Å²) < 4.78 is 11.4. The molecule has 0 aromatic heterocycles. The Balaban J connectivity index is 1.63. The molecular formula is C26H22BrN3O4. The van der Waals surface area contributed by atoms with Gasteiger partial charge >= 0.3 is 0 Å². The van der Waals surface area contributed by atoms with Gasteiger partial charge in [0, 0.05) is 5.69 Å². The Morgan fingerprint density at radius 1 is 1.03 bits per heavy atom. The normalized spacial score (nSPS) is 10.7. The fourth-order valence-electron chi connectivity index (χ4n) is 2.95. The number of anilines is 2. The Morgan fingerprint density at radius 3 is 2.44 bits per heavy atom. The highest BCUT2D eigenvalue weighted by atomic mass is 79.9. The predicted molar refractivity (Wildman–Crippen MR) is 135 cm³/mol. The molecule has 2 amide bonds. The summed E-state index contributed by atoms with van der Waals surface area (Å²) >= 11 is 3.41. The highest BCUT2D eigenvalue weighted by molar-refractivity contribution is 9.10. The van der Waals surface area contributed by atoms with Gasteiger partial charge in [-0.15, -0.1) is 0 Å². The Bertz CT molecular complexity index is 1260. The third kappa shape index (κ3) is 6.70. The lowest BCUT2D eigenvalue weighted by Crippen LogP contribution is -2.20. The fourth-order valence-corrected chi connectivity index (χ4v) is 3.46. The summed E-state index contributed by atoms with van der Waals surface area (Å²) in [4.78, 5) is 24.7. The van der Waals surface area contributed by atoms with Gasteiger partial charge in [0.2, 0.25) is 0 Å². The van der Waals surface area contributed by atoms with E-state index in [4.69, 9.17) is 9.47 Å². The number of halogens is 1. The number of hydrogen-bond donors (Lipinski definition) is 2. The van der Waals surface area contributed by atoms with Crippen LogP contribution < -0.4 is 20.1 Å². The molecule has 7 nitrogen and oxygen atoms in total. The van der Waals surface area contributed by atoms with E-state index in [1.165, 1.54) is 13.2 Å². The molecular weight excluding hydrogens is 498 g/mol. The van der Waals surface area contributed by atoms with Gasteiger partial charge in [-0.1, -0.05) is 35.9 Å². The van der Waals surface area contributed by atoms with Gasteiger partial charge in [-0.3, -0.25) is 9.59 Å². The molecule has 0 fully saturated rings. The third-order valence-electron chi connectivity index (χ3n) is 4.68. The summed E-state index contributed by atoms with van der Waals surface area (Å²) in [6.45, 7) is 1.73. The minimum atomic E-state index is -0.504. The summed E-state index contributed by atoms with van der Waals surface area (Å²) in [6.07, 6.45) is 1.48. The number of nitrogens with zero attached hydrogens (tertiary/aromatic N) is 1. The molecule has 0 bridgehead atoms. The molecule has 172 valence electrons. The monoisotopic (exact) mass is 519 g/mol. The van der Waals surface area contributed by atoms with Crippen LogP contribution in [0.1, 0.15) is 11.1 Å². The smallest absolute Gasteiger partial charge is 0.266 e. The summed E-state index contributed by atoms with van der Waals surface area (Å²) in [5, 5.41) is 14.9. The Hall–Kier alpha value is -4.09. The molecule has 34 heavy (non-hydrogen) atoms. The van der Waals surface area contributed by atoms with Gasteiger partial charge in [-0.2, -0.15) is 5.26 Å². The molecule has 0 saturated carbocycles. The first-order valence-corrected chi connectivity index (χ1v) is 11.0. The molecule has 3 aromatic rings. The number of benzene rings is 3.